The van der Waals surface area contributed by atoms with Gasteiger partial charge in [0, 0.05) is 11.4 Å². The van der Waals surface area contributed by atoms with E-state index in [0.29, 0.717) is 11.4 Å². The first-order valence-electron chi connectivity index (χ1n) is 9.20. The van der Waals surface area contributed by atoms with Crippen molar-refractivity contribution in [1.29, 1.82) is 0 Å². The second-order valence-electron chi connectivity index (χ2n) is 6.52. The van der Waals surface area contributed by atoms with E-state index in [4.69, 9.17) is 9.47 Å². The number of nitrogens with one attached hydrogen (secondary N) is 2. The van der Waals surface area contributed by atoms with Gasteiger partial charge in [-0.2, -0.15) is 0 Å². The summed E-state index contributed by atoms with van der Waals surface area (Å²) < 4.78 is 11.3. The van der Waals surface area contributed by atoms with Gasteiger partial charge in [0.15, 0.2) is 6.61 Å². The molecule has 144 valence electrons. The molecule has 0 aliphatic carbocycles. The third kappa shape index (κ3) is 5.77. The Morgan fingerprint density at radius 2 is 1.50 bits per heavy atom. The summed E-state index contributed by atoms with van der Waals surface area (Å²) in [4.78, 5) is 12.0. The maximum absolute atomic E-state index is 12.0. The van der Waals surface area contributed by atoms with Crippen molar-refractivity contribution in [2.24, 2.45) is 0 Å². The zero-order valence-corrected chi connectivity index (χ0v) is 16.0. The first kappa shape index (κ1) is 19.3. The average molecular weight is 376 g/mol. The van der Waals surface area contributed by atoms with Crippen molar-refractivity contribution in [3.63, 3.8) is 0 Å². The summed E-state index contributed by atoms with van der Waals surface area (Å²) in [5.74, 6) is 1.26. The summed E-state index contributed by atoms with van der Waals surface area (Å²) in [6.07, 6.45) is 0.0960. The number of hydrogen-bond acceptors (Lipinski definition) is 4. The molecule has 0 atom stereocenters. The van der Waals surface area contributed by atoms with Gasteiger partial charge in [-0.3, -0.25) is 4.79 Å². The van der Waals surface area contributed by atoms with Gasteiger partial charge in [0.05, 0.1) is 11.8 Å². The quantitative estimate of drug-likeness (QED) is 0.565. The Morgan fingerprint density at radius 1 is 0.857 bits per heavy atom. The van der Waals surface area contributed by atoms with Crippen molar-refractivity contribution < 1.29 is 14.3 Å². The summed E-state index contributed by atoms with van der Waals surface area (Å²) in [5, 5.41) is 6.17. The predicted molar refractivity (Wildman–Crippen MR) is 112 cm³/mol. The maximum Gasteiger partial charge on any atom is 0.262 e. The van der Waals surface area contributed by atoms with Crippen LogP contribution in [0.5, 0.6) is 11.5 Å². The molecule has 3 aromatic rings. The molecule has 0 unspecified atom stereocenters. The van der Waals surface area contributed by atoms with Crippen molar-refractivity contribution in [3.8, 4) is 11.5 Å². The van der Waals surface area contributed by atoms with Crippen LogP contribution in [0.15, 0.2) is 78.9 Å². The topological polar surface area (TPSA) is 59.6 Å². The van der Waals surface area contributed by atoms with Crippen LogP contribution in [0.3, 0.4) is 0 Å². The molecular formula is C23H24N2O3. The minimum atomic E-state index is -0.208. The lowest BCUT2D eigenvalue weighted by molar-refractivity contribution is -0.118. The molecule has 5 nitrogen and oxygen atoms in total. The largest absolute Gasteiger partial charge is 0.489 e. The van der Waals surface area contributed by atoms with Gasteiger partial charge in [-0.15, -0.1) is 0 Å². The number of anilines is 3. The lowest BCUT2D eigenvalue weighted by Gasteiger charge is -2.15. The van der Waals surface area contributed by atoms with E-state index in [2.05, 4.69) is 10.6 Å². The van der Waals surface area contributed by atoms with E-state index in [9.17, 15) is 4.79 Å². The Hall–Kier alpha value is -3.47. The SMILES string of the molecule is CC(C)Oc1ccccc1Nc1ccc(NC(=O)COc2ccccc2)cc1. The lowest BCUT2D eigenvalue weighted by Crippen LogP contribution is -2.20. The molecule has 0 fully saturated rings. The van der Waals surface area contributed by atoms with E-state index in [0.717, 1.165) is 17.1 Å². The molecule has 3 rings (SSSR count). The van der Waals surface area contributed by atoms with Crippen molar-refractivity contribution in [2.45, 2.75) is 20.0 Å². The molecule has 0 aliphatic rings. The Balaban J connectivity index is 1.56. The fourth-order valence-electron chi connectivity index (χ4n) is 2.58. The van der Waals surface area contributed by atoms with Crippen LogP contribution in [-0.4, -0.2) is 18.6 Å². The highest BCUT2D eigenvalue weighted by Gasteiger charge is 2.07. The van der Waals surface area contributed by atoms with Crippen molar-refractivity contribution in [1.82, 2.24) is 0 Å². The molecule has 1 amide bonds. The second-order valence-corrected chi connectivity index (χ2v) is 6.52. The van der Waals surface area contributed by atoms with Crippen LogP contribution >= 0.6 is 0 Å². The van der Waals surface area contributed by atoms with Gasteiger partial charge in [-0.25, -0.2) is 0 Å². The third-order valence-corrected chi connectivity index (χ3v) is 3.81. The molecule has 0 saturated heterocycles. The third-order valence-electron chi connectivity index (χ3n) is 3.81. The summed E-state index contributed by atoms with van der Waals surface area (Å²) in [7, 11) is 0. The van der Waals surface area contributed by atoms with Crippen LogP contribution in [0.25, 0.3) is 0 Å². The monoisotopic (exact) mass is 376 g/mol. The van der Waals surface area contributed by atoms with Gasteiger partial charge in [0.25, 0.3) is 5.91 Å². The summed E-state index contributed by atoms with van der Waals surface area (Å²) in [6, 6.07) is 24.5. The van der Waals surface area contributed by atoms with Gasteiger partial charge in [0.1, 0.15) is 11.5 Å². The molecule has 0 aliphatic heterocycles. The smallest absolute Gasteiger partial charge is 0.262 e. The highest BCUT2D eigenvalue weighted by molar-refractivity contribution is 5.92. The second kappa shape index (κ2) is 9.46. The zero-order valence-electron chi connectivity index (χ0n) is 16.0. The number of hydrogen-bond donors (Lipinski definition) is 2. The number of ether oxygens (including phenoxy) is 2. The van der Waals surface area contributed by atoms with Gasteiger partial charge in [0.2, 0.25) is 0 Å². The molecule has 0 spiro atoms. The van der Waals surface area contributed by atoms with Crippen molar-refractivity contribution in [3.05, 3.63) is 78.9 Å². The maximum atomic E-state index is 12.0. The molecule has 0 bridgehead atoms. The first-order chi connectivity index (χ1) is 13.6. The summed E-state index contributed by atoms with van der Waals surface area (Å²) in [5.41, 5.74) is 2.50. The highest BCUT2D eigenvalue weighted by atomic mass is 16.5. The Labute approximate surface area is 165 Å². The molecule has 0 radical (unpaired) electrons. The molecule has 2 N–H and O–H groups in total. The Bertz CT molecular complexity index is 893. The van der Waals surface area contributed by atoms with Crippen molar-refractivity contribution in [2.75, 3.05) is 17.2 Å². The minimum Gasteiger partial charge on any atom is -0.489 e. The van der Waals surface area contributed by atoms with E-state index in [1.807, 2.05) is 92.7 Å². The number of amides is 1. The van der Waals surface area contributed by atoms with Crippen LogP contribution in [-0.2, 0) is 4.79 Å². The first-order valence-corrected chi connectivity index (χ1v) is 9.20. The highest BCUT2D eigenvalue weighted by Crippen LogP contribution is 2.28. The van der Waals surface area contributed by atoms with E-state index in [-0.39, 0.29) is 18.6 Å². The van der Waals surface area contributed by atoms with E-state index in [1.165, 1.54) is 0 Å². The van der Waals surface area contributed by atoms with Gasteiger partial charge < -0.3 is 20.1 Å². The van der Waals surface area contributed by atoms with Crippen molar-refractivity contribution >= 4 is 23.0 Å². The Kier molecular flexibility index (Phi) is 6.52. The molecule has 0 heterocycles. The number of benzene rings is 3. The molecule has 28 heavy (non-hydrogen) atoms. The summed E-state index contributed by atoms with van der Waals surface area (Å²) >= 11 is 0. The standard InChI is InChI=1S/C23H24N2O3/c1-17(2)28-22-11-7-6-10-21(22)24-18-12-14-19(15-13-18)25-23(26)16-27-20-8-4-3-5-9-20/h3-15,17,24H,16H2,1-2H3,(H,25,26). The van der Waals surface area contributed by atoms with E-state index in [1.54, 1.807) is 0 Å². The molecule has 5 heteroatoms. The molecular weight excluding hydrogens is 352 g/mol. The number of carbonyl (C=O) groups is 1. The minimum absolute atomic E-state index is 0.0378. The molecule has 0 saturated carbocycles. The van der Waals surface area contributed by atoms with Gasteiger partial charge in [-0.1, -0.05) is 30.3 Å². The van der Waals surface area contributed by atoms with E-state index < -0.39 is 0 Å². The number of rotatable bonds is 8. The van der Waals surface area contributed by atoms with Crippen LogP contribution in [0, 0.1) is 0 Å². The molecule has 0 aromatic heterocycles. The fourth-order valence-corrected chi connectivity index (χ4v) is 2.58. The van der Waals surface area contributed by atoms with Gasteiger partial charge >= 0.3 is 0 Å². The van der Waals surface area contributed by atoms with Gasteiger partial charge in [-0.05, 0) is 62.4 Å². The summed E-state index contributed by atoms with van der Waals surface area (Å²) in [6.45, 7) is 3.95. The van der Waals surface area contributed by atoms with Crippen LogP contribution < -0.4 is 20.1 Å². The average Bonchev–Trinajstić information content (AvgIpc) is 2.70. The van der Waals surface area contributed by atoms with E-state index >= 15 is 0 Å². The van der Waals surface area contributed by atoms with Crippen LogP contribution in [0.1, 0.15) is 13.8 Å². The Morgan fingerprint density at radius 3 is 2.21 bits per heavy atom. The number of para-hydroxylation sites is 3. The normalized spacial score (nSPS) is 10.4. The van der Waals surface area contributed by atoms with Crippen LogP contribution in [0.4, 0.5) is 17.1 Å². The fraction of sp³-hybridized carbons (Fsp3) is 0.174. The molecule has 3 aromatic carbocycles. The predicted octanol–water partition coefficient (Wildman–Crippen LogP) is 5.23. The van der Waals surface area contributed by atoms with Crippen LogP contribution in [0.2, 0.25) is 0 Å². The lowest BCUT2D eigenvalue weighted by atomic mass is 10.2. The zero-order chi connectivity index (χ0) is 19.8. The number of carbonyl (C=O) groups excluding carboxylic acids is 1.